The molecule has 0 radical (unpaired) electrons. The lowest BCUT2D eigenvalue weighted by Gasteiger charge is -2.09. The van der Waals surface area contributed by atoms with Gasteiger partial charge in [0.15, 0.2) is 6.20 Å². The van der Waals surface area contributed by atoms with Gasteiger partial charge in [-0.1, -0.05) is 48.5 Å². The van der Waals surface area contributed by atoms with Crippen molar-refractivity contribution in [3.8, 4) is 0 Å². The van der Waals surface area contributed by atoms with Crippen LogP contribution in [0.3, 0.4) is 0 Å². The molecule has 1 atom stereocenters. The molecule has 0 spiro atoms. The van der Waals surface area contributed by atoms with Crippen LogP contribution in [0.1, 0.15) is 11.6 Å². The van der Waals surface area contributed by atoms with E-state index < -0.39 is 0 Å². The molecule has 0 saturated carbocycles. The molecule has 3 aromatic rings. The maximum absolute atomic E-state index is 4.80. The number of nitrogens with zero attached hydrogens (tertiary/aromatic N) is 3. The number of hydrogen-bond acceptors (Lipinski definition) is 2. The molecular weight excluding hydrogens is 298 g/mol. The van der Waals surface area contributed by atoms with Crippen molar-refractivity contribution < 1.29 is 14.5 Å². The van der Waals surface area contributed by atoms with E-state index in [0.29, 0.717) is 0 Å². The number of hydrogen-bond donors (Lipinski definition) is 1. The van der Waals surface area contributed by atoms with Crippen LogP contribution in [0.25, 0.3) is 0 Å². The van der Waals surface area contributed by atoms with Crippen LogP contribution in [0.15, 0.2) is 90.3 Å². The maximum Gasteiger partial charge on any atom is 0.333 e. The molecule has 2 heterocycles. The Hall–Kier alpha value is -3.34. The van der Waals surface area contributed by atoms with Crippen molar-refractivity contribution in [2.75, 3.05) is 0 Å². The number of aromatic amines is 1. The second kappa shape index (κ2) is 6.42. The third-order valence-electron chi connectivity index (χ3n) is 3.84. The molecule has 0 saturated heterocycles. The first kappa shape index (κ1) is 14.3. The van der Waals surface area contributed by atoms with Crippen LogP contribution in [0.2, 0.25) is 0 Å². The first-order chi connectivity index (χ1) is 11.9. The fraction of sp³-hybridized carbons (Fsp3) is 0.0526. The van der Waals surface area contributed by atoms with Gasteiger partial charge < -0.3 is 0 Å². The largest absolute Gasteiger partial charge is 0.333 e. The zero-order valence-electron chi connectivity index (χ0n) is 13.1. The van der Waals surface area contributed by atoms with E-state index in [1.54, 1.807) is 4.81 Å². The molecule has 0 fully saturated rings. The van der Waals surface area contributed by atoms with Gasteiger partial charge in [-0.25, -0.2) is 4.98 Å². The van der Waals surface area contributed by atoms with Gasteiger partial charge in [0.2, 0.25) is 24.1 Å². The molecule has 24 heavy (non-hydrogen) atoms. The van der Waals surface area contributed by atoms with Crippen LogP contribution in [0.4, 0.5) is 11.4 Å². The summed E-state index contributed by atoms with van der Waals surface area (Å²) in [7, 11) is 0. The van der Waals surface area contributed by atoms with E-state index in [0.717, 1.165) is 16.9 Å². The van der Waals surface area contributed by atoms with E-state index in [9.17, 15) is 0 Å². The van der Waals surface area contributed by atoms with Gasteiger partial charge in [-0.15, -0.1) is 0 Å². The van der Waals surface area contributed by atoms with Crippen molar-refractivity contribution in [3.05, 3.63) is 90.8 Å². The highest BCUT2D eigenvalue weighted by Gasteiger charge is 2.32. The third-order valence-corrected chi connectivity index (χ3v) is 3.84. The Labute approximate surface area is 140 Å². The fourth-order valence-electron chi connectivity index (χ4n) is 2.63. The van der Waals surface area contributed by atoms with E-state index in [4.69, 9.17) is 5.11 Å². The zero-order valence-corrected chi connectivity index (χ0v) is 13.1. The van der Waals surface area contributed by atoms with E-state index in [1.807, 2.05) is 65.6 Å². The highest BCUT2D eigenvalue weighted by atomic mass is 15.7. The van der Waals surface area contributed by atoms with Gasteiger partial charge in [0, 0.05) is 29.4 Å². The predicted octanol–water partition coefficient (Wildman–Crippen LogP) is 3.19. The normalized spacial score (nSPS) is 16.8. The van der Waals surface area contributed by atoms with Gasteiger partial charge in [-0.05, 0) is 10.2 Å². The van der Waals surface area contributed by atoms with Crippen molar-refractivity contribution in [2.24, 2.45) is 5.11 Å². The number of pyridine rings is 1. The van der Waals surface area contributed by atoms with Gasteiger partial charge in [0.1, 0.15) is 0 Å². The van der Waals surface area contributed by atoms with E-state index >= 15 is 0 Å². The van der Waals surface area contributed by atoms with Crippen molar-refractivity contribution in [3.63, 3.8) is 0 Å². The van der Waals surface area contributed by atoms with E-state index in [2.05, 4.69) is 41.0 Å². The lowest BCUT2D eigenvalue weighted by Crippen LogP contribution is -2.38. The number of hydrazine groups is 2. The number of hydrazone groups is 1. The highest BCUT2D eigenvalue weighted by Crippen LogP contribution is 2.22. The summed E-state index contributed by atoms with van der Waals surface area (Å²) in [6, 6.07) is 24.3. The summed E-state index contributed by atoms with van der Waals surface area (Å²) < 4.78 is 2.00. The monoisotopic (exact) mass is 316 g/mol. The van der Waals surface area contributed by atoms with Gasteiger partial charge in [0.25, 0.3) is 0 Å². The Morgan fingerprint density at radius 3 is 2.25 bits per heavy atom. The quantitative estimate of drug-likeness (QED) is 0.741. The molecule has 2 aromatic carbocycles. The van der Waals surface area contributed by atoms with Crippen molar-refractivity contribution >= 4 is 17.6 Å². The van der Waals surface area contributed by atoms with Crippen LogP contribution >= 0.6 is 0 Å². The Bertz CT molecular complexity index is 818. The number of azo groups is 1. The summed E-state index contributed by atoms with van der Waals surface area (Å²) in [5.74, 6) is 0. The zero-order chi connectivity index (χ0) is 16.2. The van der Waals surface area contributed by atoms with Gasteiger partial charge in [-0.2, -0.15) is 0 Å². The Balaban J connectivity index is 1.78. The molecule has 1 aliphatic heterocycles. The number of rotatable bonds is 3. The standard InChI is InChI=1S/C19H17N5/c1-3-8-16(9-4-1)19-15-23(17-10-5-2-6-11-17)22-24(21-19)18-12-7-13-20-14-18/h1-15,19H,(H,21,22)/q+2/p+1. The molecule has 2 N–H and O–H groups in total. The number of aromatic nitrogens is 1. The van der Waals surface area contributed by atoms with Gasteiger partial charge in [0.05, 0.1) is 10.3 Å². The molecule has 0 amide bonds. The molecular formula is C19H18N5+3. The molecule has 0 bridgehead atoms. The topological polar surface area (TPSA) is 44.5 Å². The highest BCUT2D eigenvalue weighted by molar-refractivity contribution is 5.64. The number of nitrogens with one attached hydrogen (secondary N) is 2. The molecule has 0 aliphatic carbocycles. The first-order valence-corrected chi connectivity index (χ1v) is 7.88. The van der Waals surface area contributed by atoms with Crippen molar-refractivity contribution in [1.29, 1.82) is 0 Å². The Kier molecular flexibility index (Phi) is 3.81. The average molecular weight is 316 g/mol. The SMILES string of the molecule is C1=[N+](c2ccccc2)N[N+](c2ccc[nH+]c2)=NC1c1ccccc1. The number of H-pyrrole nitrogens is 1. The van der Waals surface area contributed by atoms with Crippen LogP contribution in [-0.2, 0) is 0 Å². The van der Waals surface area contributed by atoms with Crippen molar-refractivity contribution in [1.82, 2.24) is 5.53 Å². The lowest BCUT2D eigenvalue weighted by atomic mass is 10.1. The summed E-state index contributed by atoms with van der Waals surface area (Å²) in [5, 5.41) is 4.80. The lowest BCUT2D eigenvalue weighted by molar-refractivity contribution is -0.784. The molecule has 1 aromatic heterocycles. The minimum absolute atomic E-state index is 0.0761. The summed E-state index contributed by atoms with van der Waals surface area (Å²) in [5.41, 5.74) is 6.44. The number of benzene rings is 2. The summed E-state index contributed by atoms with van der Waals surface area (Å²) in [6.45, 7) is 0. The van der Waals surface area contributed by atoms with Crippen molar-refractivity contribution in [2.45, 2.75) is 6.04 Å². The van der Waals surface area contributed by atoms with E-state index in [1.165, 1.54) is 0 Å². The van der Waals surface area contributed by atoms with Crippen LogP contribution in [-0.4, -0.2) is 15.7 Å². The molecule has 116 valence electrons. The second-order valence-electron chi connectivity index (χ2n) is 5.50. The summed E-state index contributed by atoms with van der Waals surface area (Å²) in [4.78, 5) is 4.89. The third kappa shape index (κ3) is 2.92. The Morgan fingerprint density at radius 2 is 1.54 bits per heavy atom. The van der Waals surface area contributed by atoms with Crippen LogP contribution in [0.5, 0.6) is 0 Å². The minimum Gasteiger partial charge on any atom is -0.212 e. The minimum atomic E-state index is -0.0761. The number of para-hydroxylation sites is 1. The van der Waals surface area contributed by atoms with Gasteiger partial charge in [-0.3, -0.25) is 0 Å². The maximum atomic E-state index is 4.80. The summed E-state index contributed by atoms with van der Waals surface area (Å²) >= 11 is 0. The molecule has 5 heteroatoms. The molecule has 5 nitrogen and oxygen atoms in total. The fourth-order valence-corrected chi connectivity index (χ4v) is 2.63. The van der Waals surface area contributed by atoms with Crippen LogP contribution < -0.4 is 10.5 Å². The molecule has 1 unspecified atom stereocenters. The van der Waals surface area contributed by atoms with Gasteiger partial charge >= 0.3 is 5.69 Å². The first-order valence-electron chi connectivity index (χ1n) is 7.88. The molecule has 4 rings (SSSR count). The Morgan fingerprint density at radius 1 is 0.833 bits per heavy atom. The van der Waals surface area contributed by atoms with Crippen LogP contribution in [0, 0.1) is 0 Å². The molecule has 1 aliphatic rings. The smallest absolute Gasteiger partial charge is 0.212 e. The average Bonchev–Trinajstić information content (AvgIpc) is 2.70. The second-order valence-corrected chi connectivity index (χ2v) is 5.50. The summed E-state index contributed by atoms with van der Waals surface area (Å²) in [6.07, 6.45) is 5.87. The van der Waals surface area contributed by atoms with E-state index in [-0.39, 0.29) is 6.04 Å². The predicted molar refractivity (Wildman–Crippen MR) is 90.1 cm³/mol.